The third kappa shape index (κ3) is 3.57. The minimum absolute atomic E-state index is 0.0231. The number of nitrogen functional groups attached to an aromatic ring is 1. The fourth-order valence-electron chi connectivity index (χ4n) is 3.75. The highest BCUT2D eigenvalue weighted by atomic mass is 32.2. The largest absolute Gasteiger partial charge is 0.465 e. The number of benzene rings is 1. The van der Waals surface area contributed by atoms with Crippen molar-refractivity contribution < 1.29 is 22.7 Å². The van der Waals surface area contributed by atoms with Crippen LogP contribution in [-0.4, -0.2) is 59.7 Å². The maximum absolute atomic E-state index is 14.0. The summed E-state index contributed by atoms with van der Waals surface area (Å²) in [5.74, 6) is -0.405. The molecular weight excluding hydrogens is 349 g/mol. The standard InChI is InChI=1S/C16H22FN3O4S/c17-14-4-1-5-15(18)13(14)7-6-12-9-19(16(21)22)11-3-2-8-25(23,24)20(12)10-11/h1,4-5,11-12H,2-3,6-10,18H2,(H,21,22). The lowest BCUT2D eigenvalue weighted by Gasteiger charge is -2.43. The molecule has 25 heavy (non-hydrogen) atoms. The Morgan fingerprint density at radius 2 is 2.12 bits per heavy atom. The first-order chi connectivity index (χ1) is 11.8. The van der Waals surface area contributed by atoms with Gasteiger partial charge in [0.1, 0.15) is 5.82 Å². The summed E-state index contributed by atoms with van der Waals surface area (Å²) >= 11 is 0. The Balaban J connectivity index is 1.83. The molecule has 1 aromatic carbocycles. The molecule has 1 amide bonds. The Labute approximate surface area is 146 Å². The number of sulfonamides is 1. The van der Waals surface area contributed by atoms with Crippen LogP contribution >= 0.6 is 0 Å². The van der Waals surface area contributed by atoms with Crippen molar-refractivity contribution in [1.29, 1.82) is 0 Å². The molecule has 2 aliphatic rings. The van der Waals surface area contributed by atoms with E-state index in [9.17, 15) is 22.7 Å². The van der Waals surface area contributed by atoms with Gasteiger partial charge in [0.05, 0.1) is 5.75 Å². The molecule has 2 bridgehead atoms. The Morgan fingerprint density at radius 1 is 1.36 bits per heavy atom. The lowest BCUT2D eigenvalue weighted by atomic mass is 9.99. The zero-order valence-corrected chi connectivity index (χ0v) is 14.6. The molecule has 2 aliphatic heterocycles. The zero-order chi connectivity index (χ0) is 18.2. The molecule has 3 atom stereocenters. The van der Waals surface area contributed by atoms with E-state index in [1.807, 2.05) is 0 Å². The zero-order valence-electron chi connectivity index (χ0n) is 13.8. The molecule has 2 saturated heterocycles. The summed E-state index contributed by atoms with van der Waals surface area (Å²) in [6.45, 7) is 0.277. The van der Waals surface area contributed by atoms with E-state index >= 15 is 0 Å². The van der Waals surface area contributed by atoms with Crippen molar-refractivity contribution in [2.45, 2.75) is 37.8 Å². The van der Waals surface area contributed by atoms with E-state index in [2.05, 4.69) is 0 Å². The average molecular weight is 371 g/mol. The molecule has 9 heteroatoms. The predicted molar refractivity (Wildman–Crippen MR) is 91.2 cm³/mol. The molecule has 3 N–H and O–H groups in total. The van der Waals surface area contributed by atoms with Crippen LogP contribution in [0.25, 0.3) is 0 Å². The number of hydrogen-bond donors (Lipinski definition) is 2. The fraction of sp³-hybridized carbons (Fsp3) is 0.562. The highest BCUT2D eigenvalue weighted by Crippen LogP contribution is 2.29. The molecule has 1 aromatic rings. The Kier molecular flexibility index (Phi) is 4.88. The van der Waals surface area contributed by atoms with Crippen molar-refractivity contribution in [3.05, 3.63) is 29.6 Å². The number of hydrogen-bond acceptors (Lipinski definition) is 4. The lowest BCUT2D eigenvalue weighted by Crippen LogP contribution is -2.60. The highest BCUT2D eigenvalue weighted by Gasteiger charge is 2.43. The number of carboxylic acid groups (broad SMARTS) is 1. The van der Waals surface area contributed by atoms with E-state index in [0.717, 1.165) is 0 Å². The first kappa shape index (κ1) is 17.9. The van der Waals surface area contributed by atoms with Crippen LogP contribution in [0.15, 0.2) is 18.2 Å². The van der Waals surface area contributed by atoms with Crippen molar-refractivity contribution in [2.75, 3.05) is 24.6 Å². The van der Waals surface area contributed by atoms with Crippen molar-refractivity contribution in [3.8, 4) is 0 Å². The van der Waals surface area contributed by atoms with Crippen molar-refractivity contribution in [2.24, 2.45) is 0 Å². The number of amides is 1. The van der Waals surface area contributed by atoms with Crippen LogP contribution in [-0.2, 0) is 16.4 Å². The minimum Gasteiger partial charge on any atom is -0.465 e. The van der Waals surface area contributed by atoms with Gasteiger partial charge < -0.3 is 15.7 Å². The predicted octanol–water partition coefficient (Wildman–Crippen LogP) is 1.50. The molecule has 2 heterocycles. The maximum atomic E-state index is 14.0. The normalized spacial score (nSPS) is 28.4. The number of halogens is 1. The summed E-state index contributed by atoms with van der Waals surface area (Å²) in [6.07, 6.45) is 0.517. The number of rotatable bonds is 3. The van der Waals surface area contributed by atoms with Crippen LogP contribution in [0.4, 0.5) is 14.9 Å². The minimum atomic E-state index is -3.43. The average Bonchev–Trinajstić information content (AvgIpc) is 2.66. The first-order valence-corrected chi connectivity index (χ1v) is 9.92. The number of nitrogens with two attached hydrogens (primary N) is 1. The quantitative estimate of drug-likeness (QED) is 0.784. The summed E-state index contributed by atoms with van der Waals surface area (Å²) < 4.78 is 40.4. The third-order valence-electron chi connectivity index (χ3n) is 5.07. The van der Waals surface area contributed by atoms with Crippen LogP contribution < -0.4 is 5.73 Å². The van der Waals surface area contributed by atoms with Gasteiger partial charge in [-0.1, -0.05) is 6.07 Å². The van der Waals surface area contributed by atoms with Gasteiger partial charge in [-0.05, 0) is 37.8 Å². The van der Waals surface area contributed by atoms with Gasteiger partial charge in [0.25, 0.3) is 0 Å². The van der Waals surface area contributed by atoms with Crippen LogP contribution in [0.1, 0.15) is 24.8 Å². The molecule has 0 saturated carbocycles. The molecule has 0 aromatic heterocycles. The lowest BCUT2D eigenvalue weighted by molar-refractivity contribution is 0.0658. The molecular formula is C16H22FN3O4S. The summed E-state index contributed by atoms with van der Waals surface area (Å²) in [5.41, 5.74) is 6.48. The topological polar surface area (TPSA) is 104 Å². The molecule has 2 fully saturated rings. The Hall–Kier alpha value is -1.87. The molecule has 7 nitrogen and oxygen atoms in total. The van der Waals surface area contributed by atoms with E-state index in [1.54, 1.807) is 6.07 Å². The number of nitrogens with zero attached hydrogens (tertiary/aromatic N) is 2. The molecule has 0 aliphatic carbocycles. The van der Waals surface area contributed by atoms with E-state index < -0.39 is 28.0 Å². The summed E-state index contributed by atoms with van der Waals surface area (Å²) in [5, 5.41) is 9.44. The first-order valence-electron chi connectivity index (χ1n) is 8.31. The van der Waals surface area contributed by atoms with Crippen molar-refractivity contribution in [1.82, 2.24) is 9.21 Å². The Morgan fingerprint density at radius 3 is 2.80 bits per heavy atom. The Bertz CT molecular complexity index is 750. The fourth-order valence-corrected chi connectivity index (χ4v) is 5.54. The van der Waals surface area contributed by atoms with Gasteiger partial charge in [0.2, 0.25) is 10.0 Å². The summed E-state index contributed by atoms with van der Waals surface area (Å²) in [6, 6.07) is 3.61. The third-order valence-corrected chi connectivity index (χ3v) is 7.04. The molecule has 0 spiro atoms. The van der Waals surface area contributed by atoms with Gasteiger partial charge in [0, 0.05) is 36.4 Å². The van der Waals surface area contributed by atoms with Gasteiger partial charge in [-0.25, -0.2) is 17.6 Å². The van der Waals surface area contributed by atoms with Crippen LogP contribution in [0.3, 0.4) is 0 Å². The summed E-state index contributed by atoms with van der Waals surface area (Å²) in [7, 11) is -3.43. The van der Waals surface area contributed by atoms with Crippen LogP contribution in [0.2, 0.25) is 0 Å². The van der Waals surface area contributed by atoms with Crippen molar-refractivity contribution in [3.63, 3.8) is 0 Å². The molecule has 3 unspecified atom stereocenters. The second-order valence-corrected chi connectivity index (χ2v) is 8.66. The van der Waals surface area contributed by atoms with E-state index in [1.165, 1.54) is 21.3 Å². The molecule has 3 rings (SSSR count). The van der Waals surface area contributed by atoms with Gasteiger partial charge >= 0.3 is 6.09 Å². The van der Waals surface area contributed by atoms with E-state index in [0.29, 0.717) is 30.5 Å². The number of fused-ring (bicyclic) bond motifs is 2. The monoisotopic (exact) mass is 371 g/mol. The number of carbonyl (C=O) groups is 1. The van der Waals surface area contributed by atoms with Gasteiger partial charge in [-0.2, -0.15) is 4.31 Å². The van der Waals surface area contributed by atoms with Gasteiger partial charge in [-0.3, -0.25) is 0 Å². The van der Waals surface area contributed by atoms with Gasteiger partial charge in [-0.15, -0.1) is 0 Å². The van der Waals surface area contributed by atoms with Gasteiger partial charge in [0.15, 0.2) is 0 Å². The van der Waals surface area contributed by atoms with Crippen molar-refractivity contribution >= 4 is 21.8 Å². The number of anilines is 1. The molecule has 0 radical (unpaired) electrons. The summed E-state index contributed by atoms with van der Waals surface area (Å²) in [4.78, 5) is 12.9. The number of piperazine rings is 1. The molecule has 138 valence electrons. The van der Waals surface area contributed by atoms with E-state index in [-0.39, 0.29) is 31.3 Å². The highest BCUT2D eigenvalue weighted by molar-refractivity contribution is 7.89. The second kappa shape index (κ2) is 6.80. The smallest absolute Gasteiger partial charge is 0.407 e. The van der Waals surface area contributed by atoms with Crippen LogP contribution in [0, 0.1) is 5.82 Å². The van der Waals surface area contributed by atoms with Crippen LogP contribution in [0.5, 0.6) is 0 Å². The SMILES string of the molecule is Nc1cccc(F)c1CCC1CN(C(=O)O)C2CCCS(=O)(=O)N1C2. The second-order valence-electron chi connectivity index (χ2n) is 6.62. The maximum Gasteiger partial charge on any atom is 0.407 e. The van der Waals surface area contributed by atoms with E-state index in [4.69, 9.17) is 5.73 Å².